The molecular weight excluding hydrogens is 276 g/mol. The van der Waals surface area contributed by atoms with Crippen molar-refractivity contribution in [3.63, 3.8) is 0 Å². The normalized spacial score (nSPS) is 11.9. The van der Waals surface area contributed by atoms with Gasteiger partial charge in [-0.2, -0.15) is 0 Å². The molecule has 0 aliphatic rings. The number of ether oxygens (including phenoxy) is 1. The number of carbonyl (C=O) groups is 1. The molecule has 0 unspecified atom stereocenters. The Kier molecular flexibility index (Phi) is 5.09. The number of aromatic nitrogens is 1. The lowest BCUT2D eigenvalue weighted by atomic mass is 10.3. The van der Waals surface area contributed by atoms with E-state index in [0.717, 1.165) is 5.01 Å². The molecule has 1 heterocycles. The first-order chi connectivity index (χ1) is 9.65. The number of aliphatic hydroxyl groups excluding tert-OH is 1. The molecule has 0 fully saturated rings. The highest BCUT2D eigenvalue weighted by molar-refractivity contribution is 7.13. The lowest BCUT2D eigenvalue weighted by molar-refractivity contribution is 0.0847. The Morgan fingerprint density at radius 1 is 1.45 bits per heavy atom. The van der Waals surface area contributed by atoms with Crippen LogP contribution in [0, 0.1) is 6.92 Å². The van der Waals surface area contributed by atoms with Crippen LogP contribution in [0.15, 0.2) is 36.5 Å². The summed E-state index contributed by atoms with van der Waals surface area (Å²) in [6.45, 7) is 2.11. The highest BCUT2D eigenvalue weighted by Crippen LogP contribution is 2.11. The van der Waals surface area contributed by atoms with Crippen LogP contribution in [0.4, 0.5) is 0 Å². The molecule has 1 atom stereocenters. The fraction of sp³-hybridized carbons (Fsp3) is 0.286. The maximum Gasteiger partial charge on any atom is 0.263 e. The van der Waals surface area contributed by atoms with Gasteiger partial charge in [0.25, 0.3) is 5.91 Å². The van der Waals surface area contributed by atoms with E-state index in [2.05, 4.69) is 10.3 Å². The smallest absolute Gasteiger partial charge is 0.263 e. The highest BCUT2D eigenvalue weighted by atomic mass is 32.1. The number of aryl methyl sites for hydroxylation is 1. The summed E-state index contributed by atoms with van der Waals surface area (Å²) in [5, 5.41) is 13.2. The van der Waals surface area contributed by atoms with Gasteiger partial charge in [0.15, 0.2) is 0 Å². The van der Waals surface area contributed by atoms with E-state index in [9.17, 15) is 9.90 Å². The van der Waals surface area contributed by atoms with Crippen LogP contribution in [-0.2, 0) is 0 Å². The van der Waals surface area contributed by atoms with Gasteiger partial charge in [-0.25, -0.2) is 4.98 Å². The summed E-state index contributed by atoms with van der Waals surface area (Å²) in [5.41, 5.74) is 0. The zero-order chi connectivity index (χ0) is 14.4. The maximum atomic E-state index is 11.7. The molecule has 1 amide bonds. The molecule has 0 aliphatic heterocycles. The Morgan fingerprint density at radius 2 is 2.20 bits per heavy atom. The topological polar surface area (TPSA) is 71.5 Å². The molecule has 0 spiro atoms. The van der Waals surface area contributed by atoms with Crippen molar-refractivity contribution in [3.8, 4) is 5.75 Å². The van der Waals surface area contributed by atoms with E-state index < -0.39 is 6.10 Å². The number of hydrogen-bond donors (Lipinski definition) is 2. The van der Waals surface area contributed by atoms with Crippen molar-refractivity contribution in [1.29, 1.82) is 0 Å². The number of aliphatic hydroxyl groups is 1. The van der Waals surface area contributed by atoms with E-state index >= 15 is 0 Å². The number of benzene rings is 1. The molecule has 0 radical (unpaired) electrons. The fourth-order valence-corrected chi connectivity index (χ4v) is 2.23. The molecule has 20 heavy (non-hydrogen) atoms. The largest absolute Gasteiger partial charge is 0.491 e. The van der Waals surface area contributed by atoms with Crippen LogP contribution >= 0.6 is 11.3 Å². The molecular formula is C14H16N2O3S. The standard InChI is InChI=1S/C14H16N2O3S/c1-10-15-8-13(20-10)14(18)16-7-11(17)9-19-12-5-3-2-4-6-12/h2-6,8,11,17H,7,9H2,1H3,(H,16,18)/t11-/m0/s1. The van der Waals surface area contributed by atoms with Gasteiger partial charge in [0.2, 0.25) is 0 Å². The number of nitrogens with zero attached hydrogens (tertiary/aromatic N) is 1. The van der Waals surface area contributed by atoms with E-state index in [-0.39, 0.29) is 19.1 Å². The second kappa shape index (κ2) is 7.02. The molecule has 0 bridgehead atoms. The summed E-state index contributed by atoms with van der Waals surface area (Å²) >= 11 is 1.32. The molecule has 106 valence electrons. The monoisotopic (exact) mass is 292 g/mol. The average molecular weight is 292 g/mol. The Morgan fingerprint density at radius 3 is 2.85 bits per heavy atom. The summed E-state index contributed by atoms with van der Waals surface area (Å²) in [7, 11) is 0. The number of nitrogens with one attached hydrogen (secondary N) is 1. The molecule has 1 aromatic heterocycles. The Balaban J connectivity index is 1.72. The van der Waals surface area contributed by atoms with Gasteiger partial charge in [0, 0.05) is 6.54 Å². The Labute approximate surface area is 121 Å². The summed E-state index contributed by atoms with van der Waals surface area (Å²) in [6.07, 6.45) is 0.774. The van der Waals surface area contributed by atoms with Crippen molar-refractivity contribution in [2.45, 2.75) is 13.0 Å². The lowest BCUT2D eigenvalue weighted by Gasteiger charge is -2.12. The zero-order valence-electron chi connectivity index (χ0n) is 11.1. The van der Waals surface area contributed by atoms with Crippen molar-refractivity contribution in [3.05, 3.63) is 46.4 Å². The van der Waals surface area contributed by atoms with Gasteiger partial charge >= 0.3 is 0 Å². The molecule has 0 saturated carbocycles. The number of hydrogen-bond acceptors (Lipinski definition) is 5. The zero-order valence-corrected chi connectivity index (χ0v) is 11.9. The van der Waals surface area contributed by atoms with Crippen molar-refractivity contribution in [1.82, 2.24) is 10.3 Å². The first-order valence-electron chi connectivity index (χ1n) is 6.21. The molecule has 0 saturated heterocycles. The number of amides is 1. The van der Waals surface area contributed by atoms with Gasteiger partial charge < -0.3 is 15.2 Å². The van der Waals surface area contributed by atoms with Crippen LogP contribution in [0.5, 0.6) is 5.75 Å². The summed E-state index contributed by atoms with van der Waals surface area (Å²) in [5.74, 6) is 0.463. The quantitative estimate of drug-likeness (QED) is 0.848. The third-order valence-corrected chi connectivity index (χ3v) is 3.44. The summed E-state index contributed by atoms with van der Waals surface area (Å²) in [4.78, 5) is 16.3. The van der Waals surface area contributed by atoms with Crippen molar-refractivity contribution in [2.24, 2.45) is 0 Å². The predicted octanol–water partition coefficient (Wildman–Crippen LogP) is 1.62. The average Bonchev–Trinajstić information content (AvgIpc) is 2.90. The van der Waals surface area contributed by atoms with Crippen LogP contribution in [0.2, 0.25) is 0 Å². The Bertz CT molecular complexity index is 557. The van der Waals surface area contributed by atoms with E-state index in [1.54, 1.807) is 0 Å². The van der Waals surface area contributed by atoms with E-state index in [1.165, 1.54) is 17.5 Å². The van der Waals surface area contributed by atoms with Crippen molar-refractivity contribution in [2.75, 3.05) is 13.2 Å². The predicted molar refractivity (Wildman–Crippen MR) is 77.1 cm³/mol. The van der Waals surface area contributed by atoms with Gasteiger partial charge in [-0.15, -0.1) is 11.3 Å². The van der Waals surface area contributed by atoms with Gasteiger partial charge in [-0.05, 0) is 19.1 Å². The highest BCUT2D eigenvalue weighted by Gasteiger charge is 2.11. The van der Waals surface area contributed by atoms with Crippen LogP contribution in [0.3, 0.4) is 0 Å². The van der Waals surface area contributed by atoms with Gasteiger partial charge in [0.1, 0.15) is 23.3 Å². The van der Waals surface area contributed by atoms with Gasteiger partial charge in [0.05, 0.1) is 11.2 Å². The Hall–Kier alpha value is -1.92. The molecule has 2 N–H and O–H groups in total. The minimum atomic E-state index is -0.756. The van der Waals surface area contributed by atoms with Crippen molar-refractivity contribution >= 4 is 17.2 Å². The number of carbonyl (C=O) groups excluding carboxylic acids is 1. The van der Waals surface area contributed by atoms with Crippen LogP contribution in [0.1, 0.15) is 14.7 Å². The maximum absolute atomic E-state index is 11.7. The van der Waals surface area contributed by atoms with E-state index in [4.69, 9.17) is 4.74 Å². The van der Waals surface area contributed by atoms with E-state index in [0.29, 0.717) is 10.6 Å². The molecule has 2 aromatic rings. The molecule has 6 heteroatoms. The third-order valence-electron chi connectivity index (χ3n) is 2.53. The van der Waals surface area contributed by atoms with Gasteiger partial charge in [-0.3, -0.25) is 4.79 Å². The minimum absolute atomic E-state index is 0.131. The third kappa shape index (κ3) is 4.32. The van der Waals surface area contributed by atoms with Crippen LogP contribution < -0.4 is 10.1 Å². The second-order valence-corrected chi connectivity index (χ2v) is 5.47. The SMILES string of the molecule is Cc1ncc(C(=O)NC[C@H](O)COc2ccccc2)s1. The minimum Gasteiger partial charge on any atom is -0.491 e. The van der Waals surface area contributed by atoms with Crippen LogP contribution in [0.25, 0.3) is 0 Å². The first-order valence-corrected chi connectivity index (χ1v) is 7.03. The number of rotatable bonds is 6. The van der Waals surface area contributed by atoms with E-state index in [1.807, 2.05) is 37.3 Å². The first kappa shape index (κ1) is 14.5. The summed E-state index contributed by atoms with van der Waals surface area (Å²) in [6, 6.07) is 9.22. The number of thiazole rings is 1. The molecule has 0 aliphatic carbocycles. The van der Waals surface area contributed by atoms with Crippen LogP contribution in [-0.4, -0.2) is 35.3 Å². The molecule has 5 nitrogen and oxygen atoms in total. The van der Waals surface area contributed by atoms with Crippen molar-refractivity contribution < 1.29 is 14.6 Å². The molecule has 2 rings (SSSR count). The lowest BCUT2D eigenvalue weighted by Crippen LogP contribution is -2.35. The van der Waals surface area contributed by atoms with Gasteiger partial charge in [-0.1, -0.05) is 18.2 Å². The fourth-order valence-electron chi connectivity index (χ4n) is 1.53. The summed E-state index contributed by atoms with van der Waals surface area (Å²) < 4.78 is 5.40. The number of para-hydroxylation sites is 1. The molecule has 1 aromatic carbocycles. The second-order valence-electron chi connectivity index (χ2n) is 4.23.